The predicted octanol–water partition coefficient (Wildman–Crippen LogP) is 4.21. The third kappa shape index (κ3) is 3.28. The van der Waals surface area contributed by atoms with Crippen LogP contribution in [-0.2, 0) is 9.59 Å². The third-order valence-corrected chi connectivity index (χ3v) is 3.23. The number of aryl methyl sites for hydroxylation is 1. The molecule has 0 saturated heterocycles. The second-order valence-electron chi connectivity index (χ2n) is 4.97. The second kappa shape index (κ2) is 6.20. The maximum atomic E-state index is 11.8. The smallest absolute Gasteiger partial charge is 0.338 e. The highest BCUT2D eigenvalue weighted by molar-refractivity contribution is 6.31. The molecule has 0 N–H and O–H groups in total. The molecular weight excluding hydrogens is 304 g/mol. The Balaban J connectivity index is 2.68. The van der Waals surface area contributed by atoms with Gasteiger partial charge in [-0.2, -0.15) is 0 Å². The maximum Gasteiger partial charge on any atom is 0.338 e. The first-order valence-corrected chi connectivity index (χ1v) is 6.96. The summed E-state index contributed by atoms with van der Waals surface area (Å²) in [5, 5.41) is 1.72. The summed E-state index contributed by atoms with van der Waals surface area (Å²) in [6.45, 7) is 8.23. The Kier molecular flexibility index (Phi) is 4.52. The van der Waals surface area contributed by atoms with Crippen molar-refractivity contribution in [2.45, 2.75) is 20.8 Å². The fourth-order valence-electron chi connectivity index (χ4n) is 2.03. The van der Waals surface area contributed by atoms with Crippen molar-refractivity contribution >= 4 is 34.3 Å². The number of carbonyl (C=O) groups excluding carboxylic acids is 2. The Morgan fingerprint density at radius 2 is 1.77 bits per heavy atom. The molecule has 0 saturated carbocycles. The van der Waals surface area contributed by atoms with E-state index >= 15 is 0 Å². The first-order chi connectivity index (χ1) is 10.3. The average molecular weight is 319 g/mol. The van der Waals surface area contributed by atoms with Crippen LogP contribution in [0.1, 0.15) is 19.4 Å². The SMILES string of the molecule is C=C(C)C(=O)Oc1c(C)cc(OC(C)=O)c2cc(Cl)ccc12. The first kappa shape index (κ1) is 16.0. The second-order valence-corrected chi connectivity index (χ2v) is 5.41. The van der Waals surface area contributed by atoms with Gasteiger partial charge in [0.2, 0.25) is 0 Å². The number of benzene rings is 2. The summed E-state index contributed by atoms with van der Waals surface area (Å²) in [5.41, 5.74) is 0.964. The van der Waals surface area contributed by atoms with Crippen molar-refractivity contribution in [1.29, 1.82) is 0 Å². The standard InChI is InChI=1S/C17H15ClO4/c1-9(2)17(20)22-16-10(3)7-15(21-11(4)19)14-8-12(18)5-6-13(14)16/h5-8H,1H2,2-4H3. The number of hydrogen-bond donors (Lipinski definition) is 0. The molecule has 0 spiro atoms. The maximum absolute atomic E-state index is 11.8. The number of carbonyl (C=O) groups is 2. The molecule has 0 heterocycles. The zero-order valence-corrected chi connectivity index (χ0v) is 13.3. The summed E-state index contributed by atoms with van der Waals surface area (Å²) < 4.78 is 10.6. The number of fused-ring (bicyclic) bond motifs is 1. The minimum Gasteiger partial charge on any atom is -0.426 e. The van der Waals surface area contributed by atoms with Crippen LogP contribution < -0.4 is 9.47 Å². The fraction of sp³-hybridized carbons (Fsp3) is 0.176. The molecule has 0 aromatic heterocycles. The summed E-state index contributed by atoms with van der Waals surface area (Å²) in [5.74, 6) is -0.180. The van der Waals surface area contributed by atoms with E-state index in [9.17, 15) is 9.59 Å². The number of esters is 2. The van der Waals surface area contributed by atoms with Crippen molar-refractivity contribution in [1.82, 2.24) is 0 Å². The fourth-order valence-corrected chi connectivity index (χ4v) is 2.20. The molecular formula is C17H15ClO4. The van der Waals surface area contributed by atoms with E-state index in [1.54, 1.807) is 38.1 Å². The quantitative estimate of drug-likeness (QED) is 0.483. The molecule has 0 aliphatic carbocycles. The molecule has 0 fully saturated rings. The predicted molar refractivity (Wildman–Crippen MR) is 85.5 cm³/mol. The molecule has 2 aromatic carbocycles. The Morgan fingerprint density at radius 3 is 2.36 bits per heavy atom. The van der Waals surface area contributed by atoms with Crippen LogP contribution in [0.25, 0.3) is 10.8 Å². The van der Waals surface area contributed by atoms with E-state index in [0.717, 1.165) is 0 Å². The van der Waals surface area contributed by atoms with Gasteiger partial charge in [-0.1, -0.05) is 18.2 Å². The van der Waals surface area contributed by atoms with Crippen LogP contribution in [0.3, 0.4) is 0 Å². The van der Waals surface area contributed by atoms with Gasteiger partial charge in [0.05, 0.1) is 0 Å². The van der Waals surface area contributed by atoms with Crippen LogP contribution in [0.5, 0.6) is 11.5 Å². The van der Waals surface area contributed by atoms with E-state index in [4.69, 9.17) is 21.1 Å². The van der Waals surface area contributed by atoms with Crippen molar-refractivity contribution in [3.63, 3.8) is 0 Å². The van der Waals surface area contributed by atoms with Crippen molar-refractivity contribution in [2.75, 3.05) is 0 Å². The van der Waals surface area contributed by atoms with Crippen LogP contribution in [-0.4, -0.2) is 11.9 Å². The molecule has 0 bridgehead atoms. The first-order valence-electron chi connectivity index (χ1n) is 6.58. The van der Waals surface area contributed by atoms with Gasteiger partial charge < -0.3 is 9.47 Å². The van der Waals surface area contributed by atoms with Gasteiger partial charge in [-0.3, -0.25) is 4.79 Å². The van der Waals surface area contributed by atoms with Crippen LogP contribution in [0.15, 0.2) is 36.4 Å². The average Bonchev–Trinajstić information content (AvgIpc) is 2.42. The molecule has 0 aliphatic heterocycles. The van der Waals surface area contributed by atoms with Crippen molar-refractivity contribution < 1.29 is 19.1 Å². The summed E-state index contributed by atoms with van der Waals surface area (Å²) in [7, 11) is 0. The number of rotatable bonds is 3. The summed E-state index contributed by atoms with van der Waals surface area (Å²) in [6.07, 6.45) is 0. The number of ether oxygens (including phenoxy) is 2. The number of hydrogen-bond acceptors (Lipinski definition) is 4. The van der Waals surface area contributed by atoms with Gasteiger partial charge in [-0.15, -0.1) is 0 Å². The molecule has 2 aromatic rings. The summed E-state index contributed by atoms with van der Waals surface area (Å²) in [6, 6.07) is 6.70. The lowest BCUT2D eigenvalue weighted by Crippen LogP contribution is -2.10. The van der Waals surface area contributed by atoms with E-state index in [1.807, 2.05) is 0 Å². The largest absolute Gasteiger partial charge is 0.426 e. The molecule has 22 heavy (non-hydrogen) atoms. The highest BCUT2D eigenvalue weighted by Crippen LogP contribution is 2.38. The van der Waals surface area contributed by atoms with E-state index in [-0.39, 0.29) is 0 Å². The molecule has 4 nitrogen and oxygen atoms in total. The molecule has 0 amide bonds. The van der Waals surface area contributed by atoms with Crippen molar-refractivity contribution in [3.05, 3.63) is 47.0 Å². The molecule has 114 valence electrons. The van der Waals surface area contributed by atoms with Crippen LogP contribution in [0.4, 0.5) is 0 Å². The van der Waals surface area contributed by atoms with Crippen LogP contribution >= 0.6 is 11.6 Å². The van der Waals surface area contributed by atoms with Gasteiger partial charge in [-0.25, -0.2) is 4.79 Å². The molecule has 0 atom stereocenters. The Bertz CT molecular complexity index is 793. The van der Waals surface area contributed by atoms with E-state index < -0.39 is 11.9 Å². The van der Waals surface area contributed by atoms with Crippen molar-refractivity contribution in [2.24, 2.45) is 0 Å². The monoisotopic (exact) mass is 318 g/mol. The number of halogens is 1. The molecule has 0 unspecified atom stereocenters. The third-order valence-electron chi connectivity index (χ3n) is 2.99. The lowest BCUT2D eigenvalue weighted by Gasteiger charge is -2.14. The van der Waals surface area contributed by atoms with Crippen LogP contribution in [0, 0.1) is 6.92 Å². The molecule has 0 radical (unpaired) electrons. The molecule has 0 aliphatic rings. The van der Waals surface area contributed by atoms with Gasteiger partial charge in [0.1, 0.15) is 11.5 Å². The van der Waals surface area contributed by atoms with Gasteiger partial charge in [0, 0.05) is 28.3 Å². The van der Waals surface area contributed by atoms with Gasteiger partial charge >= 0.3 is 11.9 Å². The summed E-state index contributed by atoms with van der Waals surface area (Å²) >= 11 is 6.01. The Hall–Kier alpha value is -2.33. The minimum atomic E-state index is -0.514. The highest BCUT2D eigenvalue weighted by atomic mass is 35.5. The Labute approximate surface area is 133 Å². The van der Waals surface area contributed by atoms with Crippen molar-refractivity contribution in [3.8, 4) is 11.5 Å². The summed E-state index contributed by atoms with van der Waals surface area (Å²) in [4.78, 5) is 23.1. The van der Waals surface area contributed by atoms with Gasteiger partial charge in [0.15, 0.2) is 0 Å². The molecule has 2 rings (SSSR count). The zero-order valence-electron chi connectivity index (χ0n) is 12.5. The zero-order chi connectivity index (χ0) is 16.4. The van der Waals surface area contributed by atoms with Gasteiger partial charge in [-0.05, 0) is 43.7 Å². The normalized spacial score (nSPS) is 10.4. The van der Waals surface area contributed by atoms with E-state index in [1.165, 1.54) is 6.92 Å². The van der Waals surface area contributed by atoms with E-state index in [0.29, 0.717) is 38.4 Å². The minimum absolute atomic E-state index is 0.297. The highest BCUT2D eigenvalue weighted by Gasteiger charge is 2.16. The molecule has 5 heteroatoms. The van der Waals surface area contributed by atoms with Gasteiger partial charge in [0.25, 0.3) is 0 Å². The Morgan fingerprint density at radius 1 is 1.09 bits per heavy atom. The van der Waals surface area contributed by atoms with E-state index in [2.05, 4.69) is 6.58 Å². The lowest BCUT2D eigenvalue weighted by atomic mass is 10.0. The lowest BCUT2D eigenvalue weighted by molar-refractivity contribution is -0.132. The topological polar surface area (TPSA) is 52.6 Å². The van der Waals surface area contributed by atoms with Crippen LogP contribution in [0.2, 0.25) is 5.02 Å².